The number of nitrogens with zero attached hydrogens (tertiary/aromatic N) is 1. The van der Waals surface area contributed by atoms with Crippen LogP contribution < -0.4 is 10.0 Å². The van der Waals surface area contributed by atoms with Crippen molar-refractivity contribution in [1.82, 2.24) is 0 Å². The van der Waals surface area contributed by atoms with Crippen molar-refractivity contribution in [3.63, 3.8) is 0 Å². The fraction of sp³-hybridized carbons (Fsp3) is 0.533. The van der Waals surface area contributed by atoms with E-state index in [0.29, 0.717) is 36.2 Å². The van der Waals surface area contributed by atoms with E-state index in [0.717, 1.165) is 0 Å². The molecule has 1 aliphatic carbocycles. The van der Waals surface area contributed by atoms with E-state index in [-0.39, 0.29) is 12.2 Å². The Morgan fingerprint density at radius 2 is 2.13 bits per heavy atom. The topological polar surface area (TPSA) is 80.5 Å². The Morgan fingerprint density at radius 3 is 2.74 bits per heavy atom. The van der Waals surface area contributed by atoms with Crippen LogP contribution in [0.5, 0.6) is 0 Å². The number of hydrogen-bond donors (Lipinski definition) is 1. The third-order valence-electron chi connectivity index (χ3n) is 4.53. The van der Waals surface area contributed by atoms with Gasteiger partial charge >= 0.3 is 0 Å². The van der Waals surface area contributed by atoms with E-state index in [1.165, 1.54) is 4.31 Å². The monoisotopic (exact) mass is 344 g/mol. The highest BCUT2D eigenvalue weighted by atomic mass is 32.2. The maximum Gasteiger partial charge on any atom is 0.249 e. The summed E-state index contributed by atoms with van der Waals surface area (Å²) in [6.45, 7) is 0.295. The van der Waals surface area contributed by atoms with Gasteiger partial charge in [0.1, 0.15) is 0 Å². The van der Waals surface area contributed by atoms with Gasteiger partial charge in [0.2, 0.25) is 22.4 Å². The van der Waals surface area contributed by atoms with E-state index in [9.17, 15) is 22.0 Å². The molecular weight excluding hydrogens is 326 g/mol. The SMILES string of the molecule is NC(=O)c1cccc2c1CCCN2S(=O)(=O)C[C@@H]1C[C@H]1C(F)F. The smallest absolute Gasteiger partial charge is 0.249 e. The number of amides is 1. The van der Waals surface area contributed by atoms with Gasteiger partial charge in [-0.3, -0.25) is 9.10 Å². The zero-order valence-corrected chi connectivity index (χ0v) is 13.2. The van der Waals surface area contributed by atoms with Gasteiger partial charge in [-0.2, -0.15) is 0 Å². The molecule has 0 aromatic heterocycles. The molecule has 23 heavy (non-hydrogen) atoms. The Bertz CT molecular complexity index is 736. The van der Waals surface area contributed by atoms with Crippen LogP contribution in [0.15, 0.2) is 18.2 Å². The first-order valence-corrected chi connectivity index (χ1v) is 9.12. The number of sulfonamides is 1. The number of halogens is 2. The fourth-order valence-electron chi connectivity index (χ4n) is 3.24. The van der Waals surface area contributed by atoms with Crippen LogP contribution in [-0.2, 0) is 16.4 Å². The Balaban J connectivity index is 1.88. The molecule has 2 atom stereocenters. The van der Waals surface area contributed by atoms with Crippen molar-refractivity contribution in [2.24, 2.45) is 17.6 Å². The number of carbonyl (C=O) groups is 1. The van der Waals surface area contributed by atoms with E-state index >= 15 is 0 Å². The van der Waals surface area contributed by atoms with Crippen LogP contribution in [0.2, 0.25) is 0 Å². The van der Waals surface area contributed by atoms with E-state index in [4.69, 9.17) is 5.73 Å². The number of alkyl halides is 2. The molecule has 1 aliphatic heterocycles. The van der Waals surface area contributed by atoms with E-state index in [1.807, 2.05) is 0 Å². The summed E-state index contributed by atoms with van der Waals surface area (Å²) < 4.78 is 51.7. The van der Waals surface area contributed by atoms with Crippen LogP contribution in [0.1, 0.15) is 28.8 Å². The van der Waals surface area contributed by atoms with E-state index < -0.39 is 34.2 Å². The number of nitrogens with two attached hydrogens (primary N) is 1. The lowest BCUT2D eigenvalue weighted by Crippen LogP contribution is -2.38. The predicted octanol–water partition coefficient (Wildman–Crippen LogP) is 1.77. The maximum absolute atomic E-state index is 12.6. The zero-order valence-electron chi connectivity index (χ0n) is 12.4. The maximum atomic E-state index is 12.6. The summed E-state index contributed by atoms with van der Waals surface area (Å²) in [6.07, 6.45) is -1.08. The molecule has 2 N–H and O–H groups in total. The minimum absolute atomic E-state index is 0.249. The average Bonchev–Trinajstić information content (AvgIpc) is 3.24. The van der Waals surface area contributed by atoms with Crippen molar-refractivity contribution in [1.29, 1.82) is 0 Å². The second kappa shape index (κ2) is 5.74. The summed E-state index contributed by atoms with van der Waals surface area (Å²) in [7, 11) is -3.69. The van der Waals surface area contributed by atoms with Crippen molar-refractivity contribution < 1.29 is 22.0 Å². The van der Waals surface area contributed by atoms with Crippen LogP contribution in [0, 0.1) is 11.8 Å². The predicted molar refractivity (Wildman–Crippen MR) is 82.0 cm³/mol. The zero-order chi connectivity index (χ0) is 16.8. The standard InChI is InChI=1S/C15H18F2N2O3S/c16-14(17)12-7-9(12)8-23(21,22)19-6-2-4-10-11(15(18)20)3-1-5-13(10)19/h1,3,5,9,12,14H,2,4,6-8H2,(H2,18,20)/t9-,12+/m0/s1. The van der Waals surface area contributed by atoms with Crippen LogP contribution in [0.25, 0.3) is 0 Å². The second-order valence-electron chi connectivity index (χ2n) is 6.12. The summed E-state index contributed by atoms with van der Waals surface area (Å²) in [4.78, 5) is 11.5. The molecule has 3 rings (SSSR count). The highest BCUT2D eigenvalue weighted by Gasteiger charge is 2.47. The molecule has 0 saturated heterocycles. The van der Waals surface area contributed by atoms with E-state index in [2.05, 4.69) is 0 Å². The van der Waals surface area contributed by atoms with Gasteiger partial charge in [0.05, 0.1) is 11.4 Å². The molecule has 1 aromatic carbocycles. The quantitative estimate of drug-likeness (QED) is 0.884. The Kier molecular flexibility index (Phi) is 4.03. The molecule has 0 unspecified atom stereocenters. The molecule has 0 spiro atoms. The van der Waals surface area contributed by atoms with E-state index in [1.54, 1.807) is 18.2 Å². The molecule has 2 aliphatic rings. The average molecular weight is 344 g/mol. The third kappa shape index (κ3) is 3.04. The molecule has 1 fully saturated rings. The largest absolute Gasteiger partial charge is 0.366 e. The first kappa shape index (κ1) is 16.2. The molecule has 1 aromatic rings. The number of primary amides is 1. The number of benzene rings is 1. The molecule has 5 nitrogen and oxygen atoms in total. The molecule has 0 bridgehead atoms. The molecule has 8 heteroatoms. The number of hydrogen-bond acceptors (Lipinski definition) is 3. The van der Waals surface area contributed by atoms with Gasteiger partial charge in [-0.15, -0.1) is 0 Å². The molecule has 0 radical (unpaired) electrons. The number of anilines is 1. The Labute approximate surface area is 133 Å². The van der Waals surface area contributed by atoms with Crippen LogP contribution in [-0.4, -0.2) is 33.0 Å². The summed E-state index contributed by atoms with van der Waals surface area (Å²) in [5.41, 5.74) is 6.73. The van der Waals surface area contributed by atoms with Crippen molar-refractivity contribution in [2.75, 3.05) is 16.6 Å². The molecule has 126 valence electrons. The summed E-state index contributed by atoms with van der Waals surface area (Å²) in [5, 5.41) is 0. The minimum atomic E-state index is -3.69. The normalized spacial score (nSPS) is 23.7. The van der Waals surface area contributed by atoms with Crippen molar-refractivity contribution in [3.8, 4) is 0 Å². The van der Waals surface area contributed by atoms with Gasteiger partial charge in [-0.05, 0) is 42.9 Å². The molecule has 1 heterocycles. The lowest BCUT2D eigenvalue weighted by Gasteiger charge is -2.31. The highest BCUT2D eigenvalue weighted by molar-refractivity contribution is 7.92. The van der Waals surface area contributed by atoms with Crippen LogP contribution in [0.4, 0.5) is 14.5 Å². The second-order valence-corrected chi connectivity index (χ2v) is 8.05. The van der Waals surface area contributed by atoms with Crippen molar-refractivity contribution in [3.05, 3.63) is 29.3 Å². The van der Waals surface area contributed by atoms with Crippen molar-refractivity contribution >= 4 is 21.6 Å². The molecule has 1 saturated carbocycles. The lowest BCUT2D eigenvalue weighted by atomic mass is 9.97. The minimum Gasteiger partial charge on any atom is -0.366 e. The Hall–Kier alpha value is -1.70. The first-order chi connectivity index (χ1) is 10.8. The van der Waals surface area contributed by atoms with Crippen LogP contribution in [0.3, 0.4) is 0 Å². The molecule has 1 amide bonds. The Morgan fingerprint density at radius 1 is 1.39 bits per heavy atom. The van der Waals surface area contributed by atoms with Gasteiger partial charge in [0.15, 0.2) is 0 Å². The van der Waals surface area contributed by atoms with Gasteiger partial charge in [0.25, 0.3) is 0 Å². The van der Waals surface area contributed by atoms with Gasteiger partial charge < -0.3 is 5.73 Å². The highest BCUT2D eigenvalue weighted by Crippen LogP contribution is 2.45. The van der Waals surface area contributed by atoms with Gasteiger partial charge in [-0.25, -0.2) is 17.2 Å². The number of carbonyl (C=O) groups excluding carboxylic acids is 1. The summed E-state index contributed by atoms with van der Waals surface area (Å²) in [6, 6.07) is 4.80. The van der Waals surface area contributed by atoms with Crippen LogP contribution >= 0.6 is 0 Å². The lowest BCUT2D eigenvalue weighted by molar-refractivity contribution is 0.0999. The third-order valence-corrected chi connectivity index (χ3v) is 6.44. The molecular formula is C15H18F2N2O3S. The number of rotatable bonds is 5. The fourth-order valence-corrected chi connectivity index (χ4v) is 5.22. The van der Waals surface area contributed by atoms with Gasteiger partial charge in [-0.1, -0.05) is 6.07 Å². The first-order valence-electron chi connectivity index (χ1n) is 7.51. The van der Waals surface area contributed by atoms with Gasteiger partial charge in [0, 0.05) is 18.0 Å². The summed E-state index contributed by atoms with van der Waals surface area (Å²) >= 11 is 0. The number of fused-ring (bicyclic) bond motifs is 1. The summed E-state index contributed by atoms with van der Waals surface area (Å²) in [5.74, 6) is -2.17. The van der Waals surface area contributed by atoms with Crippen molar-refractivity contribution in [2.45, 2.75) is 25.7 Å².